The largest absolute Gasteiger partial charge is 0.481 e. The van der Waals surface area contributed by atoms with E-state index in [9.17, 15) is 18.3 Å². The maximum Gasteiger partial charge on any atom is 0.308 e. The van der Waals surface area contributed by atoms with Crippen LogP contribution in [0.2, 0.25) is 0 Å². The zero-order chi connectivity index (χ0) is 21.0. The van der Waals surface area contributed by atoms with E-state index in [-0.39, 0.29) is 18.5 Å². The van der Waals surface area contributed by atoms with Crippen molar-refractivity contribution in [2.75, 3.05) is 45.3 Å². The third kappa shape index (κ3) is 5.02. The highest BCUT2D eigenvalue weighted by molar-refractivity contribution is 7.89. The first-order valence-electron chi connectivity index (χ1n) is 10.2. The van der Waals surface area contributed by atoms with E-state index >= 15 is 0 Å². The molecule has 0 bridgehead atoms. The predicted octanol–water partition coefficient (Wildman–Crippen LogP) is 1.97. The third-order valence-corrected chi connectivity index (χ3v) is 7.61. The van der Waals surface area contributed by atoms with Crippen molar-refractivity contribution in [2.24, 2.45) is 5.92 Å². The predicted molar refractivity (Wildman–Crippen MR) is 109 cm³/mol. The number of aliphatic carboxylic acids is 1. The van der Waals surface area contributed by atoms with Crippen molar-refractivity contribution >= 4 is 16.0 Å². The van der Waals surface area contributed by atoms with E-state index in [4.69, 9.17) is 9.47 Å². The van der Waals surface area contributed by atoms with E-state index in [1.165, 1.54) is 0 Å². The van der Waals surface area contributed by atoms with Crippen LogP contribution in [0, 0.1) is 5.92 Å². The van der Waals surface area contributed by atoms with Crippen molar-refractivity contribution in [3.05, 3.63) is 23.8 Å². The fourth-order valence-electron chi connectivity index (χ4n) is 4.08. The molecule has 0 spiro atoms. The van der Waals surface area contributed by atoms with Crippen molar-refractivity contribution < 1.29 is 27.8 Å². The summed E-state index contributed by atoms with van der Waals surface area (Å²) in [5.41, 5.74) is 0.910. The Kier molecular flexibility index (Phi) is 7.02. The van der Waals surface area contributed by atoms with Gasteiger partial charge in [0.1, 0.15) is 0 Å². The topological polar surface area (TPSA) is 96.4 Å². The number of nitrogens with zero attached hydrogens (tertiary/aromatic N) is 2. The maximum absolute atomic E-state index is 12.5. The highest BCUT2D eigenvalue weighted by atomic mass is 32.2. The molecule has 2 atom stereocenters. The molecule has 0 amide bonds. The summed E-state index contributed by atoms with van der Waals surface area (Å²) in [6, 6.07) is 5.58. The molecule has 0 aliphatic carbocycles. The van der Waals surface area contributed by atoms with E-state index in [1.54, 1.807) is 4.31 Å². The summed E-state index contributed by atoms with van der Waals surface area (Å²) in [6.45, 7) is 6.37. The number of hydrogen-bond acceptors (Lipinski definition) is 6. The standard InChI is InChI=1S/C20H30N2O6S/c1-3-7-22(29(25,26)10-4-2)9-8-21-12-16(17(13-21)20(23)24)15-5-6-18-19(11-15)28-14-27-18/h5-6,11,16-17H,3-4,7-10,12-14H2,1-2H3,(H,23,24). The van der Waals surface area contributed by atoms with Gasteiger partial charge in [0, 0.05) is 38.6 Å². The molecule has 1 N–H and O–H groups in total. The number of carbonyl (C=O) groups is 1. The Hall–Kier alpha value is -1.84. The molecule has 2 heterocycles. The van der Waals surface area contributed by atoms with Gasteiger partial charge in [-0.05, 0) is 30.5 Å². The minimum Gasteiger partial charge on any atom is -0.481 e. The Morgan fingerprint density at radius 3 is 2.62 bits per heavy atom. The van der Waals surface area contributed by atoms with Crippen molar-refractivity contribution in [3.63, 3.8) is 0 Å². The van der Waals surface area contributed by atoms with Gasteiger partial charge in [-0.25, -0.2) is 12.7 Å². The molecule has 1 aromatic rings. The smallest absolute Gasteiger partial charge is 0.308 e. The van der Waals surface area contributed by atoms with Crippen LogP contribution < -0.4 is 9.47 Å². The number of fused-ring (bicyclic) bond motifs is 1. The normalized spacial score (nSPS) is 21.8. The molecule has 162 valence electrons. The van der Waals surface area contributed by atoms with Gasteiger partial charge in [0.25, 0.3) is 0 Å². The van der Waals surface area contributed by atoms with E-state index in [0.717, 1.165) is 12.0 Å². The Morgan fingerprint density at radius 2 is 1.93 bits per heavy atom. The van der Waals surface area contributed by atoms with Gasteiger partial charge in [0.15, 0.2) is 11.5 Å². The molecule has 8 nitrogen and oxygen atoms in total. The lowest BCUT2D eigenvalue weighted by Gasteiger charge is -2.24. The van der Waals surface area contributed by atoms with Gasteiger partial charge < -0.3 is 19.5 Å². The summed E-state index contributed by atoms with van der Waals surface area (Å²) in [7, 11) is -3.27. The number of sulfonamides is 1. The number of rotatable bonds is 10. The zero-order valence-electron chi connectivity index (χ0n) is 17.0. The molecular weight excluding hydrogens is 396 g/mol. The second-order valence-corrected chi connectivity index (χ2v) is 9.73. The van der Waals surface area contributed by atoms with Crippen LogP contribution in [0.15, 0.2) is 18.2 Å². The first kappa shape index (κ1) is 21.9. The molecule has 1 aromatic carbocycles. The van der Waals surface area contributed by atoms with Crippen LogP contribution >= 0.6 is 0 Å². The molecule has 2 aliphatic heterocycles. The molecule has 2 unspecified atom stereocenters. The number of hydrogen-bond donors (Lipinski definition) is 1. The summed E-state index contributed by atoms with van der Waals surface area (Å²) < 4.78 is 37.3. The molecular formula is C20H30N2O6S. The average Bonchev–Trinajstić information content (AvgIpc) is 3.31. The second kappa shape index (κ2) is 9.32. The Morgan fingerprint density at radius 1 is 1.17 bits per heavy atom. The van der Waals surface area contributed by atoms with E-state index in [1.807, 2.05) is 32.0 Å². The molecule has 1 saturated heterocycles. The van der Waals surface area contributed by atoms with Gasteiger partial charge in [0.05, 0.1) is 11.7 Å². The zero-order valence-corrected chi connectivity index (χ0v) is 17.9. The first-order valence-corrected chi connectivity index (χ1v) is 11.8. The van der Waals surface area contributed by atoms with Crippen LogP contribution in [-0.4, -0.2) is 74.0 Å². The van der Waals surface area contributed by atoms with Gasteiger partial charge in [0.2, 0.25) is 16.8 Å². The Labute approximate surface area is 172 Å². The molecule has 2 aliphatic rings. The Balaban J connectivity index is 1.69. The molecule has 9 heteroatoms. The summed E-state index contributed by atoms with van der Waals surface area (Å²) in [5.74, 6) is -0.0862. The first-order chi connectivity index (χ1) is 13.9. The van der Waals surface area contributed by atoms with Crippen molar-refractivity contribution in [1.82, 2.24) is 9.21 Å². The third-order valence-electron chi connectivity index (χ3n) is 5.53. The van der Waals surface area contributed by atoms with Gasteiger partial charge in [-0.15, -0.1) is 0 Å². The van der Waals surface area contributed by atoms with Crippen LogP contribution in [0.3, 0.4) is 0 Å². The maximum atomic E-state index is 12.5. The van der Waals surface area contributed by atoms with Gasteiger partial charge >= 0.3 is 5.97 Å². The summed E-state index contributed by atoms with van der Waals surface area (Å²) in [6.07, 6.45) is 1.33. The fraction of sp³-hybridized carbons (Fsp3) is 0.650. The molecule has 0 saturated carbocycles. The number of carboxylic acids is 1. The lowest BCUT2D eigenvalue weighted by Crippen LogP contribution is -2.39. The Bertz CT molecular complexity index is 828. The van der Waals surface area contributed by atoms with E-state index in [0.29, 0.717) is 50.6 Å². The van der Waals surface area contributed by atoms with Crippen LogP contribution in [-0.2, 0) is 14.8 Å². The molecule has 29 heavy (non-hydrogen) atoms. The highest BCUT2D eigenvalue weighted by Gasteiger charge is 2.39. The summed E-state index contributed by atoms with van der Waals surface area (Å²) in [4.78, 5) is 13.9. The molecule has 0 radical (unpaired) electrons. The highest BCUT2D eigenvalue weighted by Crippen LogP contribution is 2.39. The number of benzene rings is 1. The van der Waals surface area contributed by atoms with E-state index in [2.05, 4.69) is 4.90 Å². The minimum absolute atomic E-state index is 0.143. The molecule has 1 fully saturated rings. The monoisotopic (exact) mass is 426 g/mol. The summed E-state index contributed by atoms with van der Waals surface area (Å²) >= 11 is 0. The average molecular weight is 427 g/mol. The van der Waals surface area contributed by atoms with Crippen LogP contribution in [0.4, 0.5) is 0 Å². The van der Waals surface area contributed by atoms with Crippen molar-refractivity contribution in [1.29, 1.82) is 0 Å². The minimum atomic E-state index is -3.27. The molecule has 0 aromatic heterocycles. The van der Waals surface area contributed by atoms with Crippen molar-refractivity contribution in [3.8, 4) is 11.5 Å². The second-order valence-electron chi connectivity index (χ2n) is 7.64. The van der Waals surface area contributed by atoms with Gasteiger partial charge in [-0.3, -0.25) is 4.79 Å². The molecule has 3 rings (SSSR count). The van der Waals surface area contributed by atoms with Gasteiger partial charge in [-0.1, -0.05) is 19.9 Å². The quantitative estimate of drug-likeness (QED) is 0.611. The van der Waals surface area contributed by atoms with Gasteiger partial charge in [-0.2, -0.15) is 0 Å². The van der Waals surface area contributed by atoms with Crippen LogP contribution in [0.1, 0.15) is 38.2 Å². The van der Waals surface area contributed by atoms with Crippen LogP contribution in [0.25, 0.3) is 0 Å². The lowest BCUT2D eigenvalue weighted by molar-refractivity contribution is -0.141. The fourth-order valence-corrected chi connectivity index (χ4v) is 5.67. The van der Waals surface area contributed by atoms with Crippen LogP contribution in [0.5, 0.6) is 11.5 Å². The van der Waals surface area contributed by atoms with E-state index < -0.39 is 21.9 Å². The SMILES string of the molecule is CCCN(CCN1CC(C(=O)O)C(c2ccc3c(c2)OCO3)C1)S(=O)(=O)CCC. The van der Waals surface area contributed by atoms with Crippen molar-refractivity contribution in [2.45, 2.75) is 32.6 Å². The number of ether oxygens (including phenoxy) is 2. The summed E-state index contributed by atoms with van der Waals surface area (Å²) in [5, 5.41) is 9.73. The number of likely N-dealkylation sites (tertiary alicyclic amines) is 1. The number of carboxylic acid groups (broad SMARTS) is 1. The lowest BCUT2D eigenvalue weighted by atomic mass is 9.89.